The number of fused-ring (bicyclic) bond motifs is 7. The molecule has 0 N–H and O–H groups in total. The lowest BCUT2D eigenvalue weighted by Crippen LogP contribution is -2.41. The minimum Gasteiger partial charge on any atom is -0.455 e. The molecule has 156 valence electrons. The van der Waals surface area contributed by atoms with Crippen LogP contribution in [0.15, 0.2) is 71.1 Å². The molecule has 2 aliphatic rings. The highest BCUT2D eigenvalue weighted by Gasteiger charge is 2.51. The van der Waals surface area contributed by atoms with Crippen LogP contribution in [0.3, 0.4) is 0 Å². The molecule has 2 heterocycles. The van der Waals surface area contributed by atoms with Crippen LogP contribution < -0.4 is 5.46 Å². The Morgan fingerprint density at radius 2 is 1.47 bits per heavy atom. The van der Waals surface area contributed by atoms with E-state index in [4.69, 9.17) is 13.7 Å². The van der Waals surface area contributed by atoms with Gasteiger partial charge in [-0.05, 0) is 67.4 Å². The van der Waals surface area contributed by atoms with Crippen molar-refractivity contribution in [1.29, 1.82) is 0 Å². The fourth-order valence-electron chi connectivity index (χ4n) is 5.24. The molecule has 0 bridgehead atoms. The maximum absolute atomic E-state index is 6.44. The molecule has 5 aromatic rings. The Kier molecular flexibility index (Phi) is 3.37. The van der Waals surface area contributed by atoms with Gasteiger partial charge in [0.05, 0.1) is 11.2 Å². The summed E-state index contributed by atoms with van der Waals surface area (Å²) >= 11 is 0. The Morgan fingerprint density at radius 3 is 2.28 bits per heavy atom. The molecule has 0 unspecified atom stereocenters. The fourth-order valence-corrected chi connectivity index (χ4v) is 5.24. The van der Waals surface area contributed by atoms with Gasteiger partial charge in [-0.3, -0.25) is 0 Å². The summed E-state index contributed by atoms with van der Waals surface area (Å²) in [5, 5.41) is 4.82. The second-order valence-corrected chi connectivity index (χ2v) is 10.0. The van der Waals surface area contributed by atoms with E-state index in [1.54, 1.807) is 0 Å². The van der Waals surface area contributed by atoms with Crippen LogP contribution in [0.2, 0.25) is 0 Å². The van der Waals surface area contributed by atoms with Crippen LogP contribution in [0.4, 0.5) is 0 Å². The summed E-state index contributed by atoms with van der Waals surface area (Å²) in [5.74, 6) is 0. The summed E-state index contributed by atoms with van der Waals surface area (Å²) in [6.45, 7) is 8.37. The van der Waals surface area contributed by atoms with Gasteiger partial charge in [-0.2, -0.15) is 0 Å². The van der Waals surface area contributed by atoms with Crippen LogP contribution in [0.5, 0.6) is 0 Å². The smallest absolute Gasteiger partial charge is 0.455 e. The van der Waals surface area contributed by atoms with E-state index in [9.17, 15) is 0 Å². The largest absolute Gasteiger partial charge is 0.494 e. The van der Waals surface area contributed by atoms with E-state index in [0.717, 1.165) is 27.4 Å². The molecule has 1 aliphatic heterocycles. The maximum Gasteiger partial charge on any atom is 0.494 e. The van der Waals surface area contributed by atoms with E-state index in [1.807, 2.05) is 12.1 Å². The van der Waals surface area contributed by atoms with Gasteiger partial charge in [0, 0.05) is 21.7 Å². The number of hydrogen-bond acceptors (Lipinski definition) is 3. The molecule has 4 heteroatoms. The van der Waals surface area contributed by atoms with Crippen LogP contribution >= 0.6 is 0 Å². The molecule has 0 saturated carbocycles. The van der Waals surface area contributed by atoms with E-state index in [-0.39, 0.29) is 18.3 Å². The van der Waals surface area contributed by atoms with Crippen LogP contribution in [-0.2, 0) is 9.31 Å². The lowest BCUT2D eigenvalue weighted by molar-refractivity contribution is 0.00578. The molecule has 3 nitrogen and oxygen atoms in total. The quantitative estimate of drug-likeness (QED) is 0.279. The predicted octanol–water partition coefficient (Wildman–Crippen LogP) is 6.69. The van der Waals surface area contributed by atoms with Gasteiger partial charge in [0.15, 0.2) is 0 Å². The first kappa shape index (κ1) is 18.5. The zero-order valence-electron chi connectivity index (χ0n) is 18.7. The Bertz CT molecular complexity index is 1580. The minimum atomic E-state index is -0.389. The number of rotatable bonds is 1. The molecular formula is C28H23BO3. The second kappa shape index (κ2) is 5.83. The highest BCUT2D eigenvalue weighted by Crippen LogP contribution is 2.51. The van der Waals surface area contributed by atoms with Gasteiger partial charge < -0.3 is 13.7 Å². The Hall–Kier alpha value is -3.08. The molecule has 1 aliphatic carbocycles. The number of hydrogen-bond donors (Lipinski definition) is 0. The molecule has 1 aromatic heterocycles. The van der Waals surface area contributed by atoms with Gasteiger partial charge in [0.1, 0.15) is 11.2 Å². The van der Waals surface area contributed by atoms with Crippen LogP contribution in [-0.4, -0.2) is 18.3 Å². The number of benzene rings is 4. The van der Waals surface area contributed by atoms with Crippen molar-refractivity contribution in [2.75, 3.05) is 0 Å². The summed E-state index contributed by atoms with van der Waals surface area (Å²) in [4.78, 5) is 0. The average Bonchev–Trinajstić information content (AvgIpc) is 3.37. The Labute approximate surface area is 187 Å². The molecule has 32 heavy (non-hydrogen) atoms. The molecule has 0 amide bonds. The van der Waals surface area contributed by atoms with E-state index in [1.165, 1.54) is 33.0 Å². The lowest BCUT2D eigenvalue weighted by Gasteiger charge is -2.32. The summed E-state index contributed by atoms with van der Waals surface area (Å²) in [7, 11) is -0.389. The van der Waals surface area contributed by atoms with Gasteiger partial charge >= 0.3 is 7.12 Å². The van der Waals surface area contributed by atoms with Crippen molar-refractivity contribution >= 4 is 45.3 Å². The van der Waals surface area contributed by atoms with Crippen molar-refractivity contribution in [3.8, 4) is 22.3 Å². The summed E-state index contributed by atoms with van der Waals surface area (Å²) in [6.07, 6.45) is 0. The van der Waals surface area contributed by atoms with Gasteiger partial charge in [-0.25, -0.2) is 0 Å². The van der Waals surface area contributed by atoms with Crippen molar-refractivity contribution in [2.24, 2.45) is 0 Å². The fraction of sp³-hybridized carbons (Fsp3) is 0.214. The molecule has 4 aromatic carbocycles. The Morgan fingerprint density at radius 1 is 0.688 bits per heavy atom. The van der Waals surface area contributed by atoms with Crippen LogP contribution in [0.1, 0.15) is 27.7 Å². The van der Waals surface area contributed by atoms with Gasteiger partial charge in [-0.15, -0.1) is 0 Å². The number of para-hydroxylation sites is 1. The second-order valence-electron chi connectivity index (χ2n) is 10.0. The highest BCUT2D eigenvalue weighted by molar-refractivity contribution is 6.62. The normalized spacial score (nSPS) is 18.2. The van der Waals surface area contributed by atoms with Crippen molar-refractivity contribution in [1.82, 2.24) is 0 Å². The zero-order chi connectivity index (χ0) is 21.8. The lowest BCUT2D eigenvalue weighted by atomic mass is 9.77. The molecular weight excluding hydrogens is 395 g/mol. The molecule has 0 radical (unpaired) electrons. The van der Waals surface area contributed by atoms with E-state index < -0.39 is 0 Å². The van der Waals surface area contributed by atoms with Crippen molar-refractivity contribution in [3.05, 3.63) is 66.7 Å². The van der Waals surface area contributed by atoms with Crippen molar-refractivity contribution < 1.29 is 13.7 Å². The van der Waals surface area contributed by atoms with E-state index in [0.29, 0.717) is 0 Å². The van der Waals surface area contributed by atoms with Crippen molar-refractivity contribution in [2.45, 2.75) is 38.9 Å². The van der Waals surface area contributed by atoms with E-state index in [2.05, 4.69) is 82.3 Å². The highest BCUT2D eigenvalue weighted by atomic mass is 16.7. The van der Waals surface area contributed by atoms with Crippen molar-refractivity contribution in [3.63, 3.8) is 0 Å². The van der Waals surface area contributed by atoms with Gasteiger partial charge in [-0.1, -0.05) is 54.6 Å². The van der Waals surface area contributed by atoms with Crippen LogP contribution in [0, 0.1) is 0 Å². The summed E-state index contributed by atoms with van der Waals surface area (Å²) < 4.78 is 19.1. The van der Waals surface area contributed by atoms with Gasteiger partial charge in [0.2, 0.25) is 0 Å². The van der Waals surface area contributed by atoms with Crippen LogP contribution in [0.25, 0.3) is 55.0 Å². The first-order valence-corrected chi connectivity index (χ1v) is 11.2. The average molecular weight is 418 g/mol. The molecule has 1 saturated heterocycles. The third kappa shape index (κ3) is 2.24. The third-order valence-electron chi connectivity index (χ3n) is 7.64. The maximum atomic E-state index is 6.44. The zero-order valence-corrected chi connectivity index (χ0v) is 18.7. The molecule has 7 rings (SSSR count). The standard InChI is InChI=1S/C28H23BO3/c1-27(2)28(3,4)32-29(31-27)17-12-13-18-20-10-7-8-16-14-22-19-9-5-6-11-23(19)30-26(22)25(24(16)20)21(18)15-17/h5-15H,1-4H3. The minimum absolute atomic E-state index is 0.369. The predicted molar refractivity (Wildman–Crippen MR) is 131 cm³/mol. The summed E-state index contributed by atoms with van der Waals surface area (Å²) in [5.41, 5.74) is 7.04. The monoisotopic (exact) mass is 418 g/mol. The SMILES string of the molecule is CC1(C)OB(c2ccc3c(c2)-c2c4oc5ccccc5c4cc4cccc-3c24)OC1(C)C. The first-order chi connectivity index (χ1) is 15.3. The number of furan rings is 1. The van der Waals surface area contributed by atoms with E-state index >= 15 is 0 Å². The summed E-state index contributed by atoms with van der Waals surface area (Å²) in [6, 6.07) is 23.7. The first-order valence-electron chi connectivity index (χ1n) is 11.2. The molecule has 0 atom stereocenters. The third-order valence-corrected chi connectivity index (χ3v) is 7.64. The molecule has 1 fully saturated rings. The molecule has 0 spiro atoms. The van der Waals surface area contributed by atoms with Gasteiger partial charge in [0.25, 0.3) is 0 Å². The topological polar surface area (TPSA) is 31.6 Å². The Balaban J connectivity index is 1.51.